The molecule has 0 bridgehead atoms. The van der Waals surface area contributed by atoms with Crippen LogP contribution in [-0.2, 0) is 11.3 Å². The molecule has 0 spiro atoms. The summed E-state index contributed by atoms with van der Waals surface area (Å²) >= 11 is 0. The van der Waals surface area contributed by atoms with Gasteiger partial charge in [-0.1, -0.05) is 42.5 Å². The van der Waals surface area contributed by atoms with Crippen molar-refractivity contribution in [3.8, 4) is 0 Å². The van der Waals surface area contributed by atoms with Gasteiger partial charge in [0.2, 0.25) is 5.91 Å². The first-order chi connectivity index (χ1) is 11.1. The van der Waals surface area contributed by atoms with Gasteiger partial charge >= 0.3 is 0 Å². The lowest BCUT2D eigenvalue weighted by molar-refractivity contribution is -0.0597. The summed E-state index contributed by atoms with van der Waals surface area (Å²) in [6.07, 6.45) is 0.203. The Morgan fingerprint density at radius 1 is 1.22 bits per heavy atom. The van der Waals surface area contributed by atoms with Crippen molar-refractivity contribution in [2.75, 3.05) is 13.2 Å². The topological polar surface area (TPSA) is 55.6 Å². The van der Waals surface area contributed by atoms with Gasteiger partial charge in [-0.05, 0) is 30.2 Å². The quantitative estimate of drug-likeness (QED) is 0.944. The molecular formula is C19H22N2O2. The fourth-order valence-corrected chi connectivity index (χ4v) is 3.09. The first-order valence-corrected chi connectivity index (χ1v) is 7.93. The van der Waals surface area contributed by atoms with Crippen LogP contribution in [0.5, 0.6) is 0 Å². The van der Waals surface area contributed by atoms with E-state index in [2.05, 4.69) is 36.1 Å². The number of carbonyl (C=O) groups excluding carboxylic acids is 1. The number of benzene rings is 2. The number of nitrogens with zero attached hydrogens (tertiary/aromatic N) is 1. The summed E-state index contributed by atoms with van der Waals surface area (Å²) in [7, 11) is 0. The standard InChI is InChI=1S/C19H22N2O2/c1-14-11-21(12-15-6-5-9-17(10-15)19(20)22)18(13-23-14)16-7-3-2-4-8-16/h2-10,14,18H,11-13H2,1H3,(H2,20,22). The Labute approximate surface area is 136 Å². The van der Waals surface area contributed by atoms with E-state index in [4.69, 9.17) is 10.5 Å². The Hall–Kier alpha value is -2.17. The van der Waals surface area contributed by atoms with Gasteiger partial charge in [0, 0.05) is 18.7 Å². The molecule has 2 N–H and O–H groups in total. The number of hydrogen-bond acceptors (Lipinski definition) is 3. The average Bonchev–Trinajstić information content (AvgIpc) is 2.56. The van der Waals surface area contributed by atoms with Gasteiger partial charge in [-0.25, -0.2) is 0 Å². The van der Waals surface area contributed by atoms with E-state index in [1.165, 1.54) is 5.56 Å². The van der Waals surface area contributed by atoms with Gasteiger partial charge in [0.1, 0.15) is 0 Å². The highest BCUT2D eigenvalue weighted by molar-refractivity contribution is 5.92. The Morgan fingerprint density at radius 2 is 2.00 bits per heavy atom. The average molecular weight is 310 g/mol. The van der Waals surface area contributed by atoms with Crippen molar-refractivity contribution in [2.24, 2.45) is 5.73 Å². The first-order valence-electron chi connectivity index (χ1n) is 7.93. The second kappa shape index (κ2) is 6.94. The summed E-state index contributed by atoms with van der Waals surface area (Å²) < 4.78 is 5.86. The number of rotatable bonds is 4. The SMILES string of the molecule is CC1CN(Cc2cccc(C(N)=O)c2)C(c2ccccc2)CO1. The lowest BCUT2D eigenvalue weighted by atomic mass is 10.0. The molecule has 4 heteroatoms. The van der Waals surface area contributed by atoms with Crippen LogP contribution in [0.2, 0.25) is 0 Å². The Balaban J connectivity index is 1.82. The van der Waals surface area contributed by atoms with E-state index in [1.807, 2.05) is 24.3 Å². The highest BCUT2D eigenvalue weighted by Gasteiger charge is 2.28. The van der Waals surface area contributed by atoms with E-state index in [1.54, 1.807) is 6.07 Å². The Morgan fingerprint density at radius 3 is 2.74 bits per heavy atom. The van der Waals surface area contributed by atoms with Gasteiger partial charge in [0.25, 0.3) is 0 Å². The molecule has 1 saturated heterocycles. The zero-order chi connectivity index (χ0) is 16.2. The molecule has 4 nitrogen and oxygen atoms in total. The fourth-order valence-electron chi connectivity index (χ4n) is 3.09. The van der Waals surface area contributed by atoms with Crippen LogP contribution in [0.15, 0.2) is 54.6 Å². The van der Waals surface area contributed by atoms with Crippen LogP contribution in [-0.4, -0.2) is 30.1 Å². The maximum atomic E-state index is 11.4. The molecule has 23 heavy (non-hydrogen) atoms. The summed E-state index contributed by atoms with van der Waals surface area (Å²) in [5, 5.41) is 0. The highest BCUT2D eigenvalue weighted by Crippen LogP contribution is 2.27. The van der Waals surface area contributed by atoms with Crippen LogP contribution in [0.4, 0.5) is 0 Å². The molecule has 1 aliphatic rings. The second-order valence-electron chi connectivity index (χ2n) is 6.06. The predicted molar refractivity (Wildman–Crippen MR) is 90.0 cm³/mol. The highest BCUT2D eigenvalue weighted by atomic mass is 16.5. The normalized spacial score (nSPS) is 22.0. The lowest BCUT2D eigenvalue weighted by Crippen LogP contribution is -2.43. The number of nitrogens with two attached hydrogens (primary N) is 1. The van der Waals surface area contributed by atoms with Gasteiger partial charge in [0.15, 0.2) is 0 Å². The molecular weight excluding hydrogens is 288 g/mol. The van der Waals surface area contributed by atoms with Gasteiger partial charge in [-0.2, -0.15) is 0 Å². The molecule has 0 radical (unpaired) electrons. The van der Waals surface area contributed by atoms with E-state index in [0.717, 1.165) is 18.7 Å². The molecule has 2 aromatic carbocycles. The number of amides is 1. The molecule has 0 saturated carbocycles. The third kappa shape index (κ3) is 3.78. The summed E-state index contributed by atoms with van der Waals surface area (Å²) in [5.41, 5.74) is 8.29. The second-order valence-corrected chi connectivity index (χ2v) is 6.06. The van der Waals surface area contributed by atoms with Crippen molar-refractivity contribution in [2.45, 2.75) is 25.6 Å². The van der Waals surface area contributed by atoms with Crippen molar-refractivity contribution in [3.63, 3.8) is 0 Å². The molecule has 120 valence electrons. The monoisotopic (exact) mass is 310 g/mol. The van der Waals surface area contributed by atoms with Crippen LogP contribution in [0.3, 0.4) is 0 Å². The maximum absolute atomic E-state index is 11.4. The van der Waals surface area contributed by atoms with Crippen LogP contribution < -0.4 is 5.73 Å². The number of carbonyl (C=O) groups is 1. The molecule has 2 atom stereocenters. The third-order valence-electron chi connectivity index (χ3n) is 4.25. The van der Waals surface area contributed by atoms with Crippen LogP contribution in [0.25, 0.3) is 0 Å². The zero-order valence-electron chi connectivity index (χ0n) is 13.3. The fraction of sp³-hybridized carbons (Fsp3) is 0.316. The summed E-state index contributed by atoms with van der Waals surface area (Å²) in [6, 6.07) is 18.2. The maximum Gasteiger partial charge on any atom is 0.248 e. The van der Waals surface area contributed by atoms with Crippen LogP contribution in [0, 0.1) is 0 Å². The van der Waals surface area contributed by atoms with Crippen molar-refractivity contribution in [1.82, 2.24) is 4.90 Å². The lowest BCUT2D eigenvalue weighted by Gasteiger charge is -2.39. The van der Waals surface area contributed by atoms with Gasteiger partial charge < -0.3 is 10.5 Å². The molecule has 3 rings (SSSR count). The Kier molecular flexibility index (Phi) is 4.74. The van der Waals surface area contributed by atoms with Crippen molar-refractivity contribution in [3.05, 3.63) is 71.3 Å². The third-order valence-corrected chi connectivity index (χ3v) is 4.25. The minimum atomic E-state index is -0.387. The molecule has 1 aliphatic heterocycles. The minimum absolute atomic E-state index is 0.203. The van der Waals surface area contributed by atoms with E-state index in [9.17, 15) is 4.79 Å². The van der Waals surface area contributed by atoms with Crippen molar-refractivity contribution >= 4 is 5.91 Å². The number of primary amides is 1. The number of hydrogen-bond donors (Lipinski definition) is 1. The van der Waals surface area contributed by atoms with Crippen molar-refractivity contribution < 1.29 is 9.53 Å². The van der Waals surface area contributed by atoms with Gasteiger partial charge in [-0.3, -0.25) is 9.69 Å². The van der Waals surface area contributed by atoms with Gasteiger partial charge in [-0.15, -0.1) is 0 Å². The van der Waals surface area contributed by atoms with Crippen LogP contribution in [0.1, 0.15) is 34.5 Å². The van der Waals surface area contributed by atoms with E-state index in [-0.39, 0.29) is 18.1 Å². The number of morpholine rings is 1. The van der Waals surface area contributed by atoms with Crippen LogP contribution >= 0.6 is 0 Å². The minimum Gasteiger partial charge on any atom is -0.375 e. The van der Waals surface area contributed by atoms with E-state index >= 15 is 0 Å². The van der Waals surface area contributed by atoms with E-state index in [0.29, 0.717) is 12.2 Å². The molecule has 0 aliphatic carbocycles. The number of ether oxygens (including phenoxy) is 1. The first kappa shape index (κ1) is 15.7. The summed E-state index contributed by atoms with van der Waals surface area (Å²) in [6.45, 7) is 4.41. The predicted octanol–water partition coefficient (Wildman–Crippen LogP) is 2.75. The molecule has 1 fully saturated rings. The molecule has 0 aromatic heterocycles. The molecule has 2 aromatic rings. The van der Waals surface area contributed by atoms with Gasteiger partial charge in [0.05, 0.1) is 18.8 Å². The molecule has 2 unspecified atom stereocenters. The summed E-state index contributed by atoms with van der Waals surface area (Å²) in [4.78, 5) is 13.8. The van der Waals surface area contributed by atoms with Crippen molar-refractivity contribution in [1.29, 1.82) is 0 Å². The summed E-state index contributed by atoms with van der Waals surface area (Å²) in [5.74, 6) is -0.387. The smallest absolute Gasteiger partial charge is 0.248 e. The molecule has 1 amide bonds. The Bertz CT molecular complexity index is 672. The zero-order valence-corrected chi connectivity index (χ0v) is 13.3. The largest absolute Gasteiger partial charge is 0.375 e. The molecule has 1 heterocycles. The van der Waals surface area contributed by atoms with E-state index < -0.39 is 0 Å².